The first-order valence-electron chi connectivity index (χ1n) is 4.03. The maximum absolute atomic E-state index is 9.65. The molecule has 0 saturated heterocycles. The first-order chi connectivity index (χ1) is 5.61. The van der Waals surface area contributed by atoms with E-state index in [0.29, 0.717) is 0 Å². The van der Waals surface area contributed by atoms with Crippen LogP contribution in [0.5, 0.6) is 0 Å². The second kappa shape index (κ2) is 6.08. The van der Waals surface area contributed by atoms with Crippen molar-refractivity contribution in [3.8, 4) is 0 Å². The van der Waals surface area contributed by atoms with Crippen LogP contribution in [-0.2, 0) is 9.59 Å². The number of rotatable bonds is 2. The Kier molecular flexibility index (Phi) is 6.32. The van der Waals surface area contributed by atoms with E-state index in [9.17, 15) is 19.8 Å². The molecule has 0 aromatic carbocycles. The van der Waals surface area contributed by atoms with Crippen molar-refractivity contribution in [1.82, 2.24) is 0 Å². The van der Waals surface area contributed by atoms with Gasteiger partial charge in [0.25, 0.3) is 0 Å². The number of aliphatic carboxylic acids is 2. The van der Waals surface area contributed by atoms with E-state index in [1.54, 1.807) is 0 Å². The fourth-order valence-corrected chi connectivity index (χ4v) is 0.638. The normalized spacial score (nSPS) is 19.1. The Hall–Kier alpha value is 0.511. The number of carbonyl (C=O) groups is 2. The van der Waals surface area contributed by atoms with E-state index in [1.165, 1.54) is 0 Å². The number of hydrogen-bond donors (Lipinski definition) is 0. The van der Waals surface area contributed by atoms with E-state index in [0.717, 1.165) is 25.7 Å². The Morgan fingerprint density at radius 1 is 0.846 bits per heavy atom. The molecular weight excluding hydrogens is 297 g/mol. The molecule has 4 nitrogen and oxygen atoms in total. The van der Waals surface area contributed by atoms with Crippen molar-refractivity contribution in [2.24, 2.45) is 11.8 Å². The summed E-state index contributed by atoms with van der Waals surface area (Å²) in [6, 6.07) is 0. The minimum absolute atomic E-state index is 0. The molecule has 2 fully saturated rings. The first kappa shape index (κ1) is 13.5. The molecule has 0 aromatic rings. The Labute approximate surface area is 117 Å². The predicted molar refractivity (Wildman–Crippen MR) is 41.2 cm³/mol. The van der Waals surface area contributed by atoms with Gasteiger partial charge in [0.05, 0.1) is 0 Å². The molecule has 0 bridgehead atoms. The molecule has 2 aliphatic carbocycles. The van der Waals surface area contributed by atoms with Crippen LogP contribution in [0.4, 0.5) is 0 Å². The van der Waals surface area contributed by atoms with Crippen molar-refractivity contribution in [2.75, 3.05) is 0 Å². The van der Waals surface area contributed by atoms with Gasteiger partial charge >= 0.3 is 48.9 Å². The van der Waals surface area contributed by atoms with E-state index in [-0.39, 0.29) is 60.7 Å². The van der Waals surface area contributed by atoms with Crippen molar-refractivity contribution >= 4 is 60.8 Å². The predicted octanol–water partition coefficient (Wildman–Crippen LogP) is -2.09. The van der Waals surface area contributed by atoms with Crippen molar-refractivity contribution in [3.63, 3.8) is 0 Å². The number of carbonyl (C=O) groups excluding carboxylic acids is 2. The van der Waals surface area contributed by atoms with Crippen LogP contribution in [0.1, 0.15) is 25.7 Å². The zero-order chi connectivity index (χ0) is 9.14. The third kappa shape index (κ3) is 6.56. The van der Waals surface area contributed by atoms with E-state index < -0.39 is 11.9 Å². The maximum atomic E-state index is 9.65. The molecule has 0 unspecified atom stereocenters. The maximum Gasteiger partial charge on any atom is 2.00 e. The third-order valence-electron chi connectivity index (χ3n) is 1.82. The average Bonchev–Trinajstić information content (AvgIpc) is 2.85. The molecule has 0 atom stereocenters. The van der Waals surface area contributed by atoms with E-state index in [1.807, 2.05) is 0 Å². The topological polar surface area (TPSA) is 80.3 Å². The first-order valence-corrected chi connectivity index (χ1v) is 4.03. The van der Waals surface area contributed by atoms with Crippen LogP contribution in [0.15, 0.2) is 0 Å². The molecule has 0 N–H and O–H groups in total. The van der Waals surface area contributed by atoms with Crippen LogP contribution in [0.2, 0.25) is 0 Å². The van der Waals surface area contributed by atoms with Crippen LogP contribution < -0.4 is 10.2 Å². The number of carboxylic acids is 2. The van der Waals surface area contributed by atoms with Gasteiger partial charge in [-0.1, -0.05) is 0 Å². The second-order valence-electron chi connectivity index (χ2n) is 3.19. The Morgan fingerprint density at radius 2 is 1.08 bits per heavy atom. The molecule has 2 saturated carbocycles. The summed E-state index contributed by atoms with van der Waals surface area (Å²) < 4.78 is 0. The van der Waals surface area contributed by atoms with E-state index in [2.05, 4.69) is 0 Å². The van der Waals surface area contributed by atoms with E-state index in [4.69, 9.17) is 0 Å². The van der Waals surface area contributed by atoms with Crippen molar-refractivity contribution in [3.05, 3.63) is 0 Å². The Bertz CT molecular complexity index is 174. The van der Waals surface area contributed by atoms with Crippen LogP contribution in [0, 0.1) is 11.8 Å². The monoisotopic (exact) mass is 308 g/mol. The van der Waals surface area contributed by atoms with Crippen LogP contribution in [0.25, 0.3) is 0 Å². The van der Waals surface area contributed by atoms with Gasteiger partial charge in [0.15, 0.2) is 0 Å². The molecule has 0 amide bonds. The molecule has 5 heteroatoms. The summed E-state index contributed by atoms with van der Waals surface area (Å²) in [5.41, 5.74) is 0. The Balaban J connectivity index is 0.000000206. The SMILES string of the molecule is O=C([O-])C1CC1.O=C([O-])C1CC1.[Ba+2]. The third-order valence-corrected chi connectivity index (χ3v) is 1.82. The molecule has 2 aliphatic rings. The minimum Gasteiger partial charge on any atom is -0.550 e. The number of carboxylic acid groups (broad SMARTS) is 2. The average molecular weight is 307 g/mol. The van der Waals surface area contributed by atoms with Crippen LogP contribution in [-0.4, -0.2) is 60.8 Å². The fraction of sp³-hybridized carbons (Fsp3) is 0.750. The molecule has 68 valence electrons. The quantitative estimate of drug-likeness (QED) is 0.548. The molecule has 0 aliphatic heterocycles. The van der Waals surface area contributed by atoms with Gasteiger partial charge in [-0.25, -0.2) is 0 Å². The van der Waals surface area contributed by atoms with Gasteiger partial charge in [0.1, 0.15) is 0 Å². The summed E-state index contributed by atoms with van der Waals surface area (Å²) in [4.78, 5) is 19.3. The zero-order valence-corrected chi connectivity index (χ0v) is 11.8. The van der Waals surface area contributed by atoms with Gasteiger partial charge < -0.3 is 19.8 Å². The molecule has 2 rings (SSSR count). The fourth-order valence-electron chi connectivity index (χ4n) is 0.638. The summed E-state index contributed by atoms with van der Waals surface area (Å²) in [6.07, 6.45) is 3.34. The second-order valence-corrected chi connectivity index (χ2v) is 3.19. The summed E-state index contributed by atoms with van der Waals surface area (Å²) in [7, 11) is 0. The Morgan fingerprint density at radius 3 is 1.08 bits per heavy atom. The van der Waals surface area contributed by atoms with Crippen molar-refractivity contribution < 1.29 is 19.8 Å². The minimum atomic E-state index is -0.880. The van der Waals surface area contributed by atoms with Gasteiger partial charge in [-0.05, 0) is 37.5 Å². The smallest absolute Gasteiger partial charge is 0.550 e. The van der Waals surface area contributed by atoms with Crippen LogP contribution in [0.3, 0.4) is 0 Å². The molecule has 0 radical (unpaired) electrons. The van der Waals surface area contributed by atoms with Gasteiger partial charge in [-0.2, -0.15) is 0 Å². The largest absolute Gasteiger partial charge is 2.00 e. The van der Waals surface area contributed by atoms with E-state index >= 15 is 0 Å². The molecule has 0 aromatic heterocycles. The number of hydrogen-bond acceptors (Lipinski definition) is 4. The van der Waals surface area contributed by atoms with Gasteiger partial charge in [-0.3, -0.25) is 0 Å². The standard InChI is InChI=1S/2C4H6O2.Ba/c2*5-4(6)3-1-2-3;/h2*3H,1-2H2,(H,5,6);/q;;+2/p-2. The molecular formula is C8H10BaO4. The van der Waals surface area contributed by atoms with Gasteiger partial charge in [0, 0.05) is 11.9 Å². The summed E-state index contributed by atoms with van der Waals surface area (Å²) in [5, 5.41) is 19.3. The molecule has 0 heterocycles. The van der Waals surface area contributed by atoms with Gasteiger partial charge in [-0.15, -0.1) is 0 Å². The van der Waals surface area contributed by atoms with Crippen LogP contribution >= 0.6 is 0 Å². The van der Waals surface area contributed by atoms with Crippen molar-refractivity contribution in [1.29, 1.82) is 0 Å². The summed E-state index contributed by atoms with van der Waals surface area (Å²) in [5.74, 6) is -1.94. The molecule has 13 heavy (non-hydrogen) atoms. The molecule has 0 spiro atoms. The van der Waals surface area contributed by atoms with Gasteiger partial charge in [0.2, 0.25) is 0 Å². The summed E-state index contributed by atoms with van der Waals surface area (Å²) >= 11 is 0. The summed E-state index contributed by atoms with van der Waals surface area (Å²) in [6.45, 7) is 0. The van der Waals surface area contributed by atoms with Crippen molar-refractivity contribution in [2.45, 2.75) is 25.7 Å². The zero-order valence-electron chi connectivity index (χ0n) is 7.32.